The van der Waals surface area contributed by atoms with Crippen LogP contribution in [0.4, 0.5) is 14.6 Å². The number of ether oxygens (including phenoxy) is 1. The van der Waals surface area contributed by atoms with Crippen LogP contribution in [0.25, 0.3) is 16.9 Å². The predicted molar refractivity (Wildman–Crippen MR) is 111 cm³/mol. The zero-order valence-corrected chi connectivity index (χ0v) is 17.8. The highest BCUT2D eigenvalue weighted by molar-refractivity contribution is 7.88. The van der Waals surface area contributed by atoms with E-state index in [2.05, 4.69) is 19.8 Å². The number of sulfonamides is 1. The number of alkyl halides is 2. The molecule has 0 bridgehead atoms. The summed E-state index contributed by atoms with van der Waals surface area (Å²) in [6.45, 7) is 3.20. The maximum absolute atomic E-state index is 13.1. The van der Waals surface area contributed by atoms with Crippen LogP contribution in [0.2, 0.25) is 0 Å². The summed E-state index contributed by atoms with van der Waals surface area (Å²) in [7, 11) is -3.36. The molecular weight excluding hydrogens is 430 g/mol. The zero-order valence-electron chi connectivity index (χ0n) is 16.9. The van der Waals surface area contributed by atoms with Crippen LogP contribution in [0, 0.1) is 0 Å². The summed E-state index contributed by atoms with van der Waals surface area (Å²) in [5.41, 5.74) is 1.43. The Balaban J connectivity index is 1.60. The van der Waals surface area contributed by atoms with Crippen LogP contribution in [-0.2, 0) is 14.8 Å². The molecule has 0 spiro atoms. The van der Waals surface area contributed by atoms with Gasteiger partial charge in [0, 0.05) is 30.9 Å². The monoisotopic (exact) mass is 452 g/mol. The van der Waals surface area contributed by atoms with Crippen molar-refractivity contribution in [2.75, 3.05) is 30.9 Å². The van der Waals surface area contributed by atoms with Gasteiger partial charge in [-0.25, -0.2) is 36.4 Å². The van der Waals surface area contributed by atoms with Gasteiger partial charge in [-0.15, -0.1) is 0 Å². The molecule has 0 amide bonds. The normalized spacial score (nSPS) is 18.6. The molecule has 2 unspecified atom stereocenters. The highest BCUT2D eigenvalue weighted by atomic mass is 32.2. The van der Waals surface area contributed by atoms with E-state index < -0.39 is 22.5 Å². The van der Waals surface area contributed by atoms with Crippen molar-refractivity contribution in [1.29, 1.82) is 0 Å². The maximum Gasteiger partial charge on any atom is 0.282 e. The van der Waals surface area contributed by atoms with Gasteiger partial charge < -0.3 is 9.64 Å². The molecule has 2 atom stereocenters. The highest BCUT2D eigenvalue weighted by Gasteiger charge is 2.28. The van der Waals surface area contributed by atoms with Gasteiger partial charge in [0.25, 0.3) is 6.43 Å². The molecule has 0 aliphatic carbocycles. The second kappa shape index (κ2) is 8.44. The molecule has 12 heteroatoms. The number of nitrogens with zero attached hydrogens (tertiary/aromatic N) is 5. The van der Waals surface area contributed by atoms with Gasteiger partial charge >= 0.3 is 0 Å². The van der Waals surface area contributed by atoms with E-state index in [4.69, 9.17) is 4.74 Å². The third-order valence-electron chi connectivity index (χ3n) is 5.02. The number of rotatable bonds is 6. The summed E-state index contributed by atoms with van der Waals surface area (Å²) in [6.07, 6.45) is 1.29. The third-order valence-corrected chi connectivity index (χ3v) is 5.82. The first kappa shape index (κ1) is 21.5. The number of halogens is 2. The summed E-state index contributed by atoms with van der Waals surface area (Å²) in [6, 6.07) is 5.95. The van der Waals surface area contributed by atoms with E-state index in [0.717, 1.165) is 11.8 Å². The topological polar surface area (TPSA) is 102 Å². The Kier molecular flexibility index (Phi) is 5.86. The SMILES string of the molecule is CC(NS(C)(=O)=O)C1CN(c2cc(-c3cnc4ccc(C(F)F)nn34)ccn2)CCO1. The molecular formula is C19H22F2N6O3S. The van der Waals surface area contributed by atoms with Crippen LogP contribution < -0.4 is 9.62 Å². The second-order valence-electron chi connectivity index (χ2n) is 7.41. The van der Waals surface area contributed by atoms with Gasteiger partial charge in [-0.1, -0.05) is 0 Å². The lowest BCUT2D eigenvalue weighted by Crippen LogP contribution is -2.52. The van der Waals surface area contributed by atoms with Crippen LogP contribution in [0.1, 0.15) is 19.0 Å². The van der Waals surface area contributed by atoms with Crippen molar-refractivity contribution in [3.63, 3.8) is 0 Å². The quantitative estimate of drug-likeness (QED) is 0.609. The van der Waals surface area contributed by atoms with E-state index in [1.165, 1.54) is 16.6 Å². The number of imidazole rings is 1. The van der Waals surface area contributed by atoms with Crippen molar-refractivity contribution in [2.24, 2.45) is 0 Å². The molecule has 0 saturated carbocycles. The molecule has 1 aliphatic heterocycles. The van der Waals surface area contributed by atoms with Crippen LogP contribution in [-0.4, -0.2) is 66.1 Å². The number of morpholine rings is 1. The van der Waals surface area contributed by atoms with Gasteiger partial charge in [-0.05, 0) is 31.2 Å². The standard InChI is InChI=1S/C19H22F2N6O3S/c1-12(25-31(2,28)29)16-11-26(7-8-30-16)18-9-13(5-6-22-18)15-10-23-17-4-3-14(19(20)21)24-27(15)17/h3-6,9-10,12,16,19,25H,7-8,11H2,1-2H3. The Morgan fingerprint density at radius 2 is 2.06 bits per heavy atom. The Morgan fingerprint density at radius 3 is 2.81 bits per heavy atom. The first-order chi connectivity index (χ1) is 14.7. The average molecular weight is 452 g/mol. The van der Waals surface area contributed by atoms with E-state index >= 15 is 0 Å². The largest absolute Gasteiger partial charge is 0.373 e. The first-order valence-corrected chi connectivity index (χ1v) is 11.5. The highest BCUT2D eigenvalue weighted by Crippen LogP contribution is 2.26. The average Bonchev–Trinajstić information content (AvgIpc) is 3.16. The lowest BCUT2D eigenvalue weighted by atomic mass is 10.1. The number of fused-ring (bicyclic) bond motifs is 1. The van der Waals surface area contributed by atoms with Gasteiger partial charge in [0.15, 0.2) is 5.65 Å². The van der Waals surface area contributed by atoms with Crippen molar-refractivity contribution in [1.82, 2.24) is 24.3 Å². The van der Waals surface area contributed by atoms with Crippen LogP contribution in [0.15, 0.2) is 36.7 Å². The lowest BCUT2D eigenvalue weighted by molar-refractivity contribution is 0.0239. The molecule has 0 radical (unpaired) electrons. The van der Waals surface area contributed by atoms with Crippen LogP contribution >= 0.6 is 0 Å². The molecule has 1 saturated heterocycles. The van der Waals surface area contributed by atoms with Crippen LogP contribution in [0.5, 0.6) is 0 Å². The Bertz CT molecular complexity index is 1190. The van der Waals surface area contributed by atoms with Crippen LogP contribution in [0.3, 0.4) is 0 Å². The Morgan fingerprint density at radius 1 is 1.26 bits per heavy atom. The van der Waals surface area contributed by atoms with E-state index in [1.807, 2.05) is 11.0 Å². The predicted octanol–water partition coefficient (Wildman–Crippen LogP) is 1.87. The van der Waals surface area contributed by atoms with Gasteiger partial charge in [0.1, 0.15) is 11.5 Å². The third kappa shape index (κ3) is 4.81. The van der Waals surface area contributed by atoms with Crippen molar-refractivity contribution in [3.05, 3.63) is 42.4 Å². The molecule has 31 heavy (non-hydrogen) atoms. The fraction of sp³-hybridized carbons (Fsp3) is 0.421. The molecule has 166 valence electrons. The Hall–Kier alpha value is -2.70. The summed E-state index contributed by atoms with van der Waals surface area (Å²) in [5.74, 6) is 0.664. The first-order valence-electron chi connectivity index (χ1n) is 9.64. The molecule has 1 aliphatic rings. The minimum absolute atomic E-state index is 0.329. The Labute approximate surface area is 178 Å². The minimum atomic E-state index is -3.36. The number of hydrogen-bond donors (Lipinski definition) is 1. The minimum Gasteiger partial charge on any atom is -0.373 e. The number of hydrogen-bond acceptors (Lipinski definition) is 7. The van der Waals surface area contributed by atoms with E-state index in [0.29, 0.717) is 36.9 Å². The van der Waals surface area contributed by atoms with E-state index in [-0.39, 0.29) is 11.8 Å². The number of nitrogens with one attached hydrogen (secondary N) is 1. The van der Waals surface area contributed by atoms with Gasteiger partial charge in [-0.3, -0.25) is 0 Å². The van der Waals surface area contributed by atoms with Crippen molar-refractivity contribution in [2.45, 2.75) is 25.5 Å². The maximum atomic E-state index is 13.1. The number of aromatic nitrogens is 4. The lowest BCUT2D eigenvalue weighted by Gasteiger charge is -2.36. The molecule has 1 N–H and O–H groups in total. The molecule has 3 aromatic rings. The molecule has 9 nitrogen and oxygen atoms in total. The van der Waals surface area contributed by atoms with Crippen molar-refractivity contribution >= 4 is 21.5 Å². The summed E-state index contributed by atoms with van der Waals surface area (Å²) >= 11 is 0. The molecule has 3 aromatic heterocycles. The smallest absolute Gasteiger partial charge is 0.282 e. The number of anilines is 1. The second-order valence-corrected chi connectivity index (χ2v) is 9.19. The molecule has 4 heterocycles. The fourth-order valence-electron chi connectivity index (χ4n) is 3.55. The van der Waals surface area contributed by atoms with Gasteiger partial charge in [0.2, 0.25) is 10.0 Å². The number of pyridine rings is 1. The van der Waals surface area contributed by atoms with E-state index in [9.17, 15) is 17.2 Å². The van der Waals surface area contributed by atoms with Gasteiger partial charge in [-0.2, -0.15) is 5.10 Å². The molecule has 1 fully saturated rings. The van der Waals surface area contributed by atoms with Gasteiger partial charge in [0.05, 0.1) is 30.9 Å². The van der Waals surface area contributed by atoms with Crippen molar-refractivity contribution < 1.29 is 21.9 Å². The molecule has 0 aromatic carbocycles. The molecule has 4 rings (SSSR count). The zero-order chi connectivity index (χ0) is 22.2. The van der Waals surface area contributed by atoms with Crippen molar-refractivity contribution in [3.8, 4) is 11.3 Å². The summed E-state index contributed by atoms with van der Waals surface area (Å²) in [5, 5.41) is 4.01. The summed E-state index contributed by atoms with van der Waals surface area (Å²) < 4.78 is 58.9. The summed E-state index contributed by atoms with van der Waals surface area (Å²) in [4.78, 5) is 10.7. The van der Waals surface area contributed by atoms with E-state index in [1.54, 1.807) is 25.4 Å². The fourth-order valence-corrected chi connectivity index (χ4v) is 4.38.